The van der Waals surface area contributed by atoms with Gasteiger partial charge in [-0.05, 0) is 55.3 Å². The standard InChI is InChI=1S/C23H31N3O5S2/c1-5-25(6-2)32(28,29)21-11-9-20(10-12-21)23(27)24-13-15-26(16-14-24)33(30,31)22-17-18(3)7-8-19(22)4/h7-12,17H,5-6,13-16H2,1-4H3. The molecule has 1 aliphatic heterocycles. The molecule has 0 saturated carbocycles. The van der Waals surface area contributed by atoms with E-state index in [1.54, 1.807) is 37.8 Å². The average Bonchev–Trinajstić information content (AvgIpc) is 2.81. The number of amides is 1. The number of aryl methyl sites for hydroxylation is 2. The van der Waals surface area contributed by atoms with Crippen LogP contribution >= 0.6 is 0 Å². The lowest BCUT2D eigenvalue weighted by Gasteiger charge is -2.34. The molecule has 0 bridgehead atoms. The zero-order chi connectivity index (χ0) is 24.4. The molecule has 0 radical (unpaired) electrons. The van der Waals surface area contributed by atoms with Gasteiger partial charge in [0.1, 0.15) is 0 Å². The first kappa shape index (κ1) is 25.4. The molecule has 0 spiro atoms. The minimum Gasteiger partial charge on any atom is -0.336 e. The number of hydrogen-bond acceptors (Lipinski definition) is 5. The van der Waals surface area contributed by atoms with Gasteiger partial charge in [0.15, 0.2) is 0 Å². The van der Waals surface area contributed by atoms with Gasteiger partial charge in [0, 0.05) is 44.8 Å². The van der Waals surface area contributed by atoms with E-state index in [9.17, 15) is 21.6 Å². The lowest BCUT2D eigenvalue weighted by atomic mass is 10.2. The second kappa shape index (κ2) is 9.92. The van der Waals surface area contributed by atoms with Crippen molar-refractivity contribution in [3.8, 4) is 0 Å². The molecule has 1 heterocycles. The Morgan fingerprint density at radius 3 is 2.00 bits per heavy atom. The van der Waals surface area contributed by atoms with Crippen molar-refractivity contribution in [1.82, 2.24) is 13.5 Å². The lowest BCUT2D eigenvalue weighted by Crippen LogP contribution is -2.50. The van der Waals surface area contributed by atoms with E-state index in [4.69, 9.17) is 0 Å². The van der Waals surface area contributed by atoms with Gasteiger partial charge in [0.05, 0.1) is 9.79 Å². The first-order valence-corrected chi connectivity index (χ1v) is 13.9. The number of hydrogen-bond donors (Lipinski definition) is 0. The Balaban J connectivity index is 1.70. The Morgan fingerprint density at radius 2 is 1.45 bits per heavy atom. The molecule has 1 amide bonds. The van der Waals surface area contributed by atoms with E-state index in [0.29, 0.717) is 29.1 Å². The SMILES string of the molecule is CCN(CC)S(=O)(=O)c1ccc(C(=O)N2CCN(S(=O)(=O)c3cc(C)ccc3C)CC2)cc1. The van der Waals surface area contributed by atoms with E-state index >= 15 is 0 Å². The summed E-state index contributed by atoms with van der Waals surface area (Å²) in [5, 5.41) is 0. The molecule has 0 atom stereocenters. The number of sulfonamides is 2. The maximum atomic E-state index is 13.1. The Kier molecular flexibility index (Phi) is 7.62. The highest BCUT2D eigenvalue weighted by Gasteiger charge is 2.31. The summed E-state index contributed by atoms with van der Waals surface area (Å²) in [4.78, 5) is 15.0. The molecule has 33 heavy (non-hydrogen) atoms. The van der Waals surface area contributed by atoms with Gasteiger partial charge in [0.2, 0.25) is 20.0 Å². The molecule has 0 aliphatic carbocycles. The molecule has 1 aliphatic rings. The number of carbonyl (C=O) groups excluding carboxylic acids is 1. The fourth-order valence-electron chi connectivity index (χ4n) is 3.92. The molecular weight excluding hydrogens is 462 g/mol. The molecule has 0 aromatic heterocycles. The van der Waals surface area contributed by atoms with E-state index < -0.39 is 20.0 Å². The zero-order valence-electron chi connectivity index (χ0n) is 19.5. The smallest absolute Gasteiger partial charge is 0.253 e. The van der Waals surface area contributed by atoms with Crippen molar-refractivity contribution >= 4 is 26.0 Å². The van der Waals surface area contributed by atoms with E-state index in [0.717, 1.165) is 5.56 Å². The summed E-state index contributed by atoms with van der Waals surface area (Å²) < 4.78 is 54.3. The van der Waals surface area contributed by atoms with Gasteiger partial charge >= 0.3 is 0 Å². The second-order valence-corrected chi connectivity index (χ2v) is 11.9. The molecular formula is C23H31N3O5S2. The number of nitrogens with zero attached hydrogens (tertiary/aromatic N) is 3. The van der Waals surface area contributed by atoms with Crippen molar-refractivity contribution in [1.29, 1.82) is 0 Å². The normalized spacial score (nSPS) is 15.7. The van der Waals surface area contributed by atoms with Gasteiger partial charge in [-0.15, -0.1) is 0 Å². The molecule has 180 valence electrons. The monoisotopic (exact) mass is 493 g/mol. The zero-order valence-corrected chi connectivity index (χ0v) is 21.1. The number of carbonyl (C=O) groups is 1. The fourth-order valence-corrected chi connectivity index (χ4v) is 7.11. The van der Waals surface area contributed by atoms with Gasteiger partial charge in [-0.25, -0.2) is 16.8 Å². The van der Waals surface area contributed by atoms with E-state index in [1.165, 1.54) is 32.9 Å². The summed E-state index contributed by atoms with van der Waals surface area (Å²) >= 11 is 0. The van der Waals surface area contributed by atoms with Crippen LogP contribution in [0.1, 0.15) is 35.3 Å². The van der Waals surface area contributed by atoms with Crippen LogP contribution in [0.4, 0.5) is 0 Å². The summed E-state index contributed by atoms with van der Waals surface area (Å²) in [5.41, 5.74) is 1.94. The van der Waals surface area contributed by atoms with Crippen LogP contribution < -0.4 is 0 Å². The van der Waals surface area contributed by atoms with Crippen LogP contribution in [0, 0.1) is 13.8 Å². The molecule has 1 saturated heterocycles. The topological polar surface area (TPSA) is 95.1 Å². The predicted octanol–water partition coefficient (Wildman–Crippen LogP) is 2.48. The van der Waals surface area contributed by atoms with Gasteiger partial charge < -0.3 is 4.90 Å². The molecule has 2 aromatic rings. The maximum Gasteiger partial charge on any atom is 0.253 e. The first-order chi connectivity index (χ1) is 15.5. The van der Waals surface area contributed by atoms with E-state index in [2.05, 4.69) is 0 Å². The summed E-state index contributed by atoms with van der Waals surface area (Å²) in [7, 11) is -7.23. The Morgan fingerprint density at radius 1 is 0.879 bits per heavy atom. The quantitative estimate of drug-likeness (QED) is 0.591. The lowest BCUT2D eigenvalue weighted by molar-refractivity contribution is 0.0697. The molecule has 3 rings (SSSR count). The fraction of sp³-hybridized carbons (Fsp3) is 0.435. The van der Waals surface area contributed by atoms with Crippen molar-refractivity contribution in [3.05, 3.63) is 59.2 Å². The molecule has 8 nitrogen and oxygen atoms in total. The summed E-state index contributed by atoms with van der Waals surface area (Å²) in [6.45, 7) is 8.86. The van der Waals surface area contributed by atoms with Crippen LogP contribution in [-0.4, -0.2) is 75.5 Å². The summed E-state index contributed by atoms with van der Waals surface area (Å²) in [5.74, 6) is -0.245. The molecule has 1 fully saturated rings. The minimum atomic E-state index is -3.64. The van der Waals surface area contributed by atoms with Crippen molar-refractivity contribution in [2.45, 2.75) is 37.5 Å². The summed E-state index contributed by atoms with van der Waals surface area (Å²) in [6, 6.07) is 11.3. The van der Waals surface area contributed by atoms with Crippen molar-refractivity contribution in [3.63, 3.8) is 0 Å². The van der Waals surface area contributed by atoms with Crippen LogP contribution in [0.5, 0.6) is 0 Å². The van der Waals surface area contributed by atoms with Crippen molar-refractivity contribution < 1.29 is 21.6 Å². The van der Waals surface area contributed by atoms with Gasteiger partial charge in [-0.1, -0.05) is 26.0 Å². The van der Waals surface area contributed by atoms with Gasteiger partial charge in [0.25, 0.3) is 5.91 Å². The van der Waals surface area contributed by atoms with Crippen molar-refractivity contribution in [2.24, 2.45) is 0 Å². The van der Waals surface area contributed by atoms with Crippen LogP contribution in [0.15, 0.2) is 52.3 Å². The highest BCUT2D eigenvalue weighted by molar-refractivity contribution is 7.89. The van der Waals surface area contributed by atoms with Crippen LogP contribution in [0.2, 0.25) is 0 Å². The molecule has 0 unspecified atom stereocenters. The third-order valence-corrected chi connectivity index (χ3v) is 10.0. The van der Waals surface area contributed by atoms with E-state index in [-0.39, 0.29) is 37.0 Å². The Bertz CT molecular complexity index is 1210. The summed E-state index contributed by atoms with van der Waals surface area (Å²) in [6.07, 6.45) is 0. The first-order valence-electron chi connectivity index (χ1n) is 11.0. The average molecular weight is 494 g/mol. The highest BCUT2D eigenvalue weighted by Crippen LogP contribution is 2.23. The second-order valence-electron chi connectivity index (χ2n) is 8.08. The minimum absolute atomic E-state index is 0.146. The van der Waals surface area contributed by atoms with Crippen LogP contribution in [-0.2, 0) is 20.0 Å². The number of piperazine rings is 1. The van der Waals surface area contributed by atoms with Crippen LogP contribution in [0.3, 0.4) is 0 Å². The number of benzene rings is 2. The maximum absolute atomic E-state index is 13.1. The Hall–Kier alpha value is -2.27. The van der Waals surface area contributed by atoms with Crippen LogP contribution in [0.25, 0.3) is 0 Å². The van der Waals surface area contributed by atoms with E-state index in [1.807, 2.05) is 13.0 Å². The number of rotatable bonds is 7. The predicted molar refractivity (Wildman–Crippen MR) is 127 cm³/mol. The third kappa shape index (κ3) is 5.13. The van der Waals surface area contributed by atoms with Crippen molar-refractivity contribution in [2.75, 3.05) is 39.3 Å². The highest BCUT2D eigenvalue weighted by atomic mass is 32.2. The van der Waals surface area contributed by atoms with Gasteiger partial charge in [-0.3, -0.25) is 4.79 Å². The largest absolute Gasteiger partial charge is 0.336 e. The molecule has 2 aromatic carbocycles. The Labute approximate surface area is 196 Å². The third-order valence-electron chi connectivity index (χ3n) is 5.93. The van der Waals surface area contributed by atoms with Gasteiger partial charge in [-0.2, -0.15) is 8.61 Å². The molecule has 0 N–H and O–H groups in total. The molecule has 10 heteroatoms.